The SMILES string of the molecule is CC(C)(C)ON(C=O)c1ccc(C(=O)N2CCN(CCc3ccc(Cl)cc3)CC2)cc1. The maximum atomic E-state index is 12.9. The van der Waals surface area contributed by atoms with E-state index in [1.165, 1.54) is 10.6 Å². The van der Waals surface area contributed by atoms with Crippen LogP contribution in [0.15, 0.2) is 48.5 Å². The Balaban J connectivity index is 1.50. The molecule has 2 aromatic carbocycles. The molecule has 1 aliphatic rings. The molecule has 3 rings (SSSR count). The van der Waals surface area contributed by atoms with Gasteiger partial charge in [-0.2, -0.15) is 5.06 Å². The predicted octanol–water partition coefficient (Wildman–Crippen LogP) is 4.03. The fraction of sp³-hybridized carbons (Fsp3) is 0.417. The van der Waals surface area contributed by atoms with Crippen molar-refractivity contribution in [2.45, 2.75) is 32.8 Å². The zero-order valence-corrected chi connectivity index (χ0v) is 19.1. The second-order valence-electron chi connectivity index (χ2n) is 8.69. The number of hydrogen-bond donors (Lipinski definition) is 0. The molecule has 0 radical (unpaired) electrons. The van der Waals surface area contributed by atoms with Crippen LogP contribution in [0.2, 0.25) is 5.02 Å². The first-order valence-electron chi connectivity index (χ1n) is 10.5. The summed E-state index contributed by atoms with van der Waals surface area (Å²) < 4.78 is 0. The van der Waals surface area contributed by atoms with Crippen molar-refractivity contribution in [3.05, 3.63) is 64.7 Å². The van der Waals surface area contributed by atoms with E-state index in [1.807, 2.05) is 37.8 Å². The molecule has 1 saturated heterocycles. The zero-order chi connectivity index (χ0) is 22.4. The van der Waals surface area contributed by atoms with Crippen LogP contribution in [0.4, 0.5) is 5.69 Å². The van der Waals surface area contributed by atoms with Gasteiger partial charge in [0.1, 0.15) is 0 Å². The van der Waals surface area contributed by atoms with E-state index in [4.69, 9.17) is 16.4 Å². The Kier molecular flexibility index (Phi) is 7.70. The van der Waals surface area contributed by atoms with E-state index in [1.54, 1.807) is 24.3 Å². The Morgan fingerprint density at radius 2 is 1.65 bits per heavy atom. The summed E-state index contributed by atoms with van der Waals surface area (Å²) in [5.74, 6) is 0.0123. The Morgan fingerprint density at radius 3 is 2.19 bits per heavy atom. The molecule has 7 heteroatoms. The van der Waals surface area contributed by atoms with E-state index in [-0.39, 0.29) is 5.91 Å². The first kappa shape index (κ1) is 23.3. The lowest BCUT2D eigenvalue weighted by Crippen LogP contribution is -2.49. The van der Waals surface area contributed by atoms with Crippen LogP contribution < -0.4 is 5.06 Å². The van der Waals surface area contributed by atoms with Gasteiger partial charge in [0, 0.05) is 43.3 Å². The number of nitrogens with zero attached hydrogens (tertiary/aromatic N) is 3. The minimum atomic E-state index is -0.497. The number of benzene rings is 2. The molecule has 166 valence electrons. The van der Waals surface area contributed by atoms with Crippen molar-refractivity contribution >= 4 is 29.6 Å². The normalized spacial score (nSPS) is 15.0. The highest BCUT2D eigenvalue weighted by molar-refractivity contribution is 6.30. The summed E-state index contributed by atoms with van der Waals surface area (Å²) in [6.07, 6.45) is 1.60. The average Bonchev–Trinajstić information content (AvgIpc) is 2.76. The molecule has 0 aromatic heterocycles. The van der Waals surface area contributed by atoms with Gasteiger partial charge in [-0.1, -0.05) is 23.7 Å². The molecule has 2 amide bonds. The van der Waals surface area contributed by atoms with Gasteiger partial charge in [-0.3, -0.25) is 19.3 Å². The Morgan fingerprint density at radius 1 is 1.03 bits per heavy atom. The first-order chi connectivity index (χ1) is 14.7. The van der Waals surface area contributed by atoms with Gasteiger partial charge in [0.05, 0.1) is 11.3 Å². The van der Waals surface area contributed by atoms with Crippen molar-refractivity contribution in [3.8, 4) is 0 Å². The molecule has 0 N–H and O–H groups in total. The molecular formula is C24H30ClN3O3. The molecule has 0 unspecified atom stereocenters. The molecule has 1 fully saturated rings. The van der Waals surface area contributed by atoms with Gasteiger partial charge in [0.25, 0.3) is 5.91 Å². The molecule has 0 atom stereocenters. The van der Waals surface area contributed by atoms with Gasteiger partial charge in [0.2, 0.25) is 6.41 Å². The number of halogens is 1. The average molecular weight is 444 g/mol. The highest BCUT2D eigenvalue weighted by Crippen LogP contribution is 2.20. The standard InChI is InChI=1S/C24H30ClN3O3/c1-24(2,3)31-28(18-29)22-10-6-20(7-11-22)23(30)27-16-14-26(15-17-27)13-12-19-4-8-21(25)9-5-19/h4-11,18H,12-17H2,1-3H3. The molecule has 1 aliphatic heterocycles. The third kappa shape index (κ3) is 6.79. The van der Waals surface area contributed by atoms with Gasteiger partial charge in [-0.25, -0.2) is 0 Å². The third-order valence-corrected chi connectivity index (χ3v) is 5.38. The number of anilines is 1. The maximum absolute atomic E-state index is 12.9. The summed E-state index contributed by atoms with van der Waals surface area (Å²) in [4.78, 5) is 34.1. The van der Waals surface area contributed by atoms with Crippen LogP contribution in [0.1, 0.15) is 36.7 Å². The second kappa shape index (κ2) is 10.3. The van der Waals surface area contributed by atoms with Crippen LogP contribution in [0, 0.1) is 0 Å². The third-order valence-electron chi connectivity index (χ3n) is 5.13. The highest BCUT2D eigenvalue weighted by atomic mass is 35.5. The van der Waals surface area contributed by atoms with Crippen LogP contribution >= 0.6 is 11.6 Å². The van der Waals surface area contributed by atoms with E-state index >= 15 is 0 Å². The summed E-state index contributed by atoms with van der Waals surface area (Å²) in [7, 11) is 0. The number of amides is 2. The molecule has 1 heterocycles. The highest BCUT2D eigenvalue weighted by Gasteiger charge is 2.23. The summed E-state index contributed by atoms with van der Waals surface area (Å²) >= 11 is 5.94. The van der Waals surface area contributed by atoms with Crippen molar-refractivity contribution in [2.24, 2.45) is 0 Å². The van der Waals surface area contributed by atoms with Gasteiger partial charge in [-0.05, 0) is 69.2 Å². The zero-order valence-electron chi connectivity index (χ0n) is 18.4. The van der Waals surface area contributed by atoms with Crippen molar-refractivity contribution in [2.75, 3.05) is 37.8 Å². The maximum Gasteiger partial charge on any atom is 0.253 e. The lowest BCUT2D eigenvalue weighted by molar-refractivity contribution is -0.120. The number of hydrogen-bond acceptors (Lipinski definition) is 4. The van der Waals surface area contributed by atoms with E-state index in [2.05, 4.69) is 17.0 Å². The second-order valence-corrected chi connectivity index (χ2v) is 9.13. The quantitative estimate of drug-likeness (QED) is 0.479. The van der Waals surface area contributed by atoms with E-state index in [9.17, 15) is 9.59 Å². The molecule has 31 heavy (non-hydrogen) atoms. The van der Waals surface area contributed by atoms with Gasteiger partial charge in [0.15, 0.2) is 0 Å². The number of piperazine rings is 1. The van der Waals surface area contributed by atoms with E-state index < -0.39 is 5.60 Å². The predicted molar refractivity (Wildman–Crippen MR) is 123 cm³/mol. The van der Waals surface area contributed by atoms with E-state index in [0.29, 0.717) is 30.8 Å². The molecule has 0 spiro atoms. The van der Waals surface area contributed by atoms with Crippen LogP contribution in [0.5, 0.6) is 0 Å². The van der Waals surface area contributed by atoms with Crippen molar-refractivity contribution < 1.29 is 14.4 Å². The molecule has 2 aromatic rings. The van der Waals surface area contributed by atoms with E-state index in [0.717, 1.165) is 31.1 Å². The fourth-order valence-corrected chi connectivity index (χ4v) is 3.60. The molecule has 6 nitrogen and oxygen atoms in total. The molecule has 0 aliphatic carbocycles. The first-order valence-corrected chi connectivity index (χ1v) is 10.9. The lowest BCUT2D eigenvalue weighted by Gasteiger charge is -2.35. The minimum Gasteiger partial charge on any atom is -0.336 e. The Hall–Kier alpha value is -2.41. The van der Waals surface area contributed by atoms with Gasteiger partial charge < -0.3 is 4.90 Å². The van der Waals surface area contributed by atoms with Crippen molar-refractivity contribution in [3.63, 3.8) is 0 Å². The minimum absolute atomic E-state index is 0.0123. The fourth-order valence-electron chi connectivity index (χ4n) is 3.48. The van der Waals surface area contributed by atoms with Crippen molar-refractivity contribution in [1.29, 1.82) is 0 Å². The van der Waals surface area contributed by atoms with Crippen molar-refractivity contribution in [1.82, 2.24) is 9.80 Å². The Bertz CT molecular complexity index is 870. The number of carbonyl (C=O) groups is 2. The van der Waals surface area contributed by atoms with Crippen LogP contribution in [-0.4, -0.2) is 60.4 Å². The van der Waals surface area contributed by atoms with Gasteiger partial charge in [-0.15, -0.1) is 0 Å². The molecular weight excluding hydrogens is 414 g/mol. The van der Waals surface area contributed by atoms with Crippen LogP contribution in [0.25, 0.3) is 0 Å². The largest absolute Gasteiger partial charge is 0.336 e. The topological polar surface area (TPSA) is 53.1 Å². The number of rotatable bonds is 7. The van der Waals surface area contributed by atoms with Gasteiger partial charge >= 0.3 is 0 Å². The summed E-state index contributed by atoms with van der Waals surface area (Å²) in [5, 5.41) is 1.94. The molecule has 0 bridgehead atoms. The monoisotopic (exact) mass is 443 g/mol. The lowest BCUT2D eigenvalue weighted by atomic mass is 10.1. The summed E-state index contributed by atoms with van der Waals surface area (Å²) in [6, 6.07) is 14.9. The smallest absolute Gasteiger partial charge is 0.253 e. The summed E-state index contributed by atoms with van der Waals surface area (Å²) in [5.41, 5.74) is 1.97. The summed E-state index contributed by atoms with van der Waals surface area (Å²) in [6.45, 7) is 9.70. The number of carbonyl (C=O) groups excluding carboxylic acids is 2. The Labute approximate surface area is 189 Å². The molecule has 0 saturated carbocycles. The van der Waals surface area contributed by atoms with Crippen LogP contribution in [-0.2, 0) is 16.1 Å². The number of hydroxylamine groups is 1. The van der Waals surface area contributed by atoms with Crippen LogP contribution in [0.3, 0.4) is 0 Å².